The van der Waals surface area contributed by atoms with Gasteiger partial charge in [0.15, 0.2) is 0 Å². The molecule has 0 aliphatic rings. The van der Waals surface area contributed by atoms with Crippen molar-refractivity contribution in [3.05, 3.63) is 59.2 Å². The normalized spacial score (nSPS) is 11.8. The van der Waals surface area contributed by atoms with E-state index in [0.29, 0.717) is 11.6 Å². The van der Waals surface area contributed by atoms with Crippen LogP contribution in [0.15, 0.2) is 42.5 Å². The topological polar surface area (TPSA) is 67.4 Å². The summed E-state index contributed by atoms with van der Waals surface area (Å²) in [4.78, 5) is 23.3. The Hall–Kier alpha value is -3.08. The molecule has 0 unspecified atom stereocenters. The average molecular weight is 434 g/mol. The number of alkyl halides is 6. The van der Waals surface area contributed by atoms with E-state index in [4.69, 9.17) is 0 Å². The van der Waals surface area contributed by atoms with Gasteiger partial charge in [-0.05, 0) is 35.9 Å². The molecular formula is C19H16F6N2O3. The zero-order valence-corrected chi connectivity index (χ0v) is 15.4. The number of ether oxygens (including phenoxy) is 1. The Morgan fingerprint density at radius 2 is 1.57 bits per heavy atom. The van der Waals surface area contributed by atoms with Crippen molar-refractivity contribution in [3.63, 3.8) is 0 Å². The Morgan fingerprint density at radius 1 is 0.933 bits per heavy atom. The third-order valence-electron chi connectivity index (χ3n) is 3.64. The van der Waals surface area contributed by atoms with Crippen LogP contribution in [0.3, 0.4) is 0 Å². The van der Waals surface area contributed by atoms with Gasteiger partial charge in [0.05, 0.1) is 17.9 Å². The van der Waals surface area contributed by atoms with Gasteiger partial charge in [0.25, 0.3) is 5.91 Å². The fourth-order valence-corrected chi connectivity index (χ4v) is 2.40. The molecule has 5 nitrogen and oxygen atoms in total. The van der Waals surface area contributed by atoms with E-state index in [9.17, 15) is 35.9 Å². The lowest BCUT2D eigenvalue weighted by molar-refractivity contribution is -0.176. The summed E-state index contributed by atoms with van der Waals surface area (Å²) in [6.45, 7) is -0.630. The van der Waals surface area contributed by atoms with Crippen molar-refractivity contribution in [1.82, 2.24) is 0 Å². The summed E-state index contributed by atoms with van der Waals surface area (Å²) in [5.41, 5.74) is -1.41. The van der Waals surface area contributed by atoms with Gasteiger partial charge in [0, 0.05) is 18.2 Å². The zero-order valence-electron chi connectivity index (χ0n) is 15.4. The highest BCUT2D eigenvalue weighted by molar-refractivity contribution is 6.05. The fourth-order valence-electron chi connectivity index (χ4n) is 2.40. The van der Waals surface area contributed by atoms with Crippen molar-refractivity contribution in [1.29, 1.82) is 0 Å². The standard InChI is InChI=1S/C19H16F6N2O3/c1-11(28)26-14-6-7-16(15(8-14)19(23,24)25)27-17(29)13-4-2-12(3-5-13)9-30-10-18(20,21)22/h2-8H,9-10H2,1H3,(H,26,28)(H,27,29). The largest absolute Gasteiger partial charge is 0.418 e. The second kappa shape index (κ2) is 9.16. The Bertz CT molecular complexity index is 908. The lowest BCUT2D eigenvalue weighted by atomic mass is 10.1. The van der Waals surface area contributed by atoms with Crippen molar-refractivity contribution in [3.8, 4) is 0 Å². The molecule has 0 aliphatic carbocycles. The molecule has 0 aromatic heterocycles. The number of hydrogen-bond donors (Lipinski definition) is 2. The fraction of sp³-hybridized carbons (Fsp3) is 0.263. The average Bonchev–Trinajstić information content (AvgIpc) is 2.61. The summed E-state index contributed by atoms with van der Waals surface area (Å²) in [7, 11) is 0. The molecule has 0 spiro atoms. The molecule has 0 saturated heterocycles. The van der Waals surface area contributed by atoms with Gasteiger partial charge in [-0.2, -0.15) is 26.3 Å². The molecule has 0 fully saturated rings. The summed E-state index contributed by atoms with van der Waals surface area (Å²) in [6.07, 6.45) is -9.26. The number of benzene rings is 2. The number of amides is 2. The van der Waals surface area contributed by atoms with Crippen LogP contribution in [0.5, 0.6) is 0 Å². The predicted molar refractivity (Wildman–Crippen MR) is 95.9 cm³/mol. The molecule has 0 aliphatic heterocycles. The summed E-state index contributed by atoms with van der Waals surface area (Å²) >= 11 is 0. The number of nitrogens with one attached hydrogen (secondary N) is 2. The van der Waals surface area contributed by atoms with Crippen LogP contribution in [-0.4, -0.2) is 24.6 Å². The maximum atomic E-state index is 13.3. The predicted octanol–water partition coefficient (Wildman–Crippen LogP) is 5.00. The van der Waals surface area contributed by atoms with Gasteiger partial charge in [-0.1, -0.05) is 12.1 Å². The van der Waals surface area contributed by atoms with Crippen molar-refractivity contribution < 1.29 is 40.7 Å². The summed E-state index contributed by atoms with van der Waals surface area (Å²) in [6, 6.07) is 8.06. The molecule has 0 radical (unpaired) electrons. The number of anilines is 2. The molecule has 2 rings (SSSR count). The van der Waals surface area contributed by atoms with E-state index in [0.717, 1.165) is 13.0 Å². The van der Waals surface area contributed by atoms with E-state index in [2.05, 4.69) is 15.4 Å². The minimum absolute atomic E-state index is 0.00590. The first-order valence-electron chi connectivity index (χ1n) is 8.39. The first-order chi connectivity index (χ1) is 13.8. The molecule has 0 heterocycles. The van der Waals surface area contributed by atoms with Crippen molar-refractivity contribution >= 4 is 23.2 Å². The number of rotatable bonds is 6. The molecule has 162 valence electrons. The monoisotopic (exact) mass is 434 g/mol. The van der Waals surface area contributed by atoms with E-state index in [1.54, 1.807) is 0 Å². The highest BCUT2D eigenvalue weighted by Gasteiger charge is 2.34. The summed E-state index contributed by atoms with van der Waals surface area (Å²) in [5.74, 6) is -1.41. The van der Waals surface area contributed by atoms with E-state index in [1.165, 1.54) is 30.3 Å². The molecule has 2 aromatic carbocycles. The highest BCUT2D eigenvalue weighted by Crippen LogP contribution is 2.36. The van der Waals surface area contributed by atoms with Gasteiger partial charge in [-0.25, -0.2) is 0 Å². The van der Waals surface area contributed by atoms with E-state index in [1.807, 2.05) is 0 Å². The number of carbonyl (C=O) groups is 2. The Morgan fingerprint density at radius 3 is 2.10 bits per heavy atom. The third-order valence-corrected chi connectivity index (χ3v) is 3.64. The van der Waals surface area contributed by atoms with Crippen LogP contribution in [0.2, 0.25) is 0 Å². The SMILES string of the molecule is CC(=O)Nc1ccc(NC(=O)c2ccc(COCC(F)(F)F)cc2)c(C(F)(F)F)c1. The Kier molecular flexibility index (Phi) is 7.08. The molecule has 2 aromatic rings. The number of hydrogen-bond acceptors (Lipinski definition) is 3. The second-order valence-corrected chi connectivity index (χ2v) is 6.20. The van der Waals surface area contributed by atoms with Gasteiger partial charge < -0.3 is 15.4 Å². The third kappa shape index (κ3) is 7.07. The quantitative estimate of drug-likeness (QED) is 0.630. The Balaban J connectivity index is 2.12. The maximum Gasteiger partial charge on any atom is 0.418 e. The maximum absolute atomic E-state index is 13.3. The lowest BCUT2D eigenvalue weighted by Crippen LogP contribution is -2.18. The number of halogens is 6. The minimum Gasteiger partial charge on any atom is -0.367 e. The van der Waals surface area contributed by atoms with Crippen molar-refractivity contribution in [2.75, 3.05) is 17.2 Å². The molecule has 0 bridgehead atoms. The van der Waals surface area contributed by atoms with Gasteiger partial charge in [-0.15, -0.1) is 0 Å². The molecule has 2 N–H and O–H groups in total. The van der Waals surface area contributed by atoms with Gasteiger partial charge in [0.2, 0.25) is 5.91 Å². The summed E-state index contributed by atoms with van der Waals surface area (Å²) < 4.78 is 80.6. The van der Waals surface area contributed by atoms with Crippen molar-refractivity contribution in [2.45, 2.75) is 25.9 Å². The van der Waals surface area contributed by atoms with Gasteiger partial charge in [-0.3, -0.25) is 9.59 Å². The zero-order chi connectivity index (χ0) is 22.5. The Labute approximate surface area is 167 Å². The summed E-state index contributed by atoms with van der Waals surface area (Å²) in [5, 5.41) is 4.37. The van der Waals surface area contributed by atoms with Crippen molar-refractivity contribution in [2.24, 2.45) is 0 Å². The van der Waals surface area contributed by atoms with E-state index < -0.39 is 42.0 Å². The van der Waals surface area contributed by atoms with Gasteiger partial charge >= 0.3 is 12.4 Å². The highest BCUT2D eigenvalue weighted by atomic mass is 19.4. The van der Waals surface area contributed by atoms with Crippen LogP contribution in [-0.2, 0) is 22.3 Å². The molecule has 30 heavy (non-hydrogen) atoms. The van der Waals surface area contributed by atoms with Crippen LogP contribution < -0.4 is 10.6 Å². The van der Waals surface area contributed by atoms with Crippen LogP contribution >= 0.6 is 0 Å². The molecule has 0 saturated carbocycles. The van der Waals surface area contributed by atoms with Gasteiger partial charge in [0.1, 0.15) is 6.61 Å². The van der Waals surface area contributed by atoms with E-state index >= 15 is 0 Å². The van der Waals surface area contributed by atoms with Crippen LogP contribution in [0.4, 0.5) is 37.7 Å². The molecule has 0 atom stereocenters. The molecule has 11 heteroatoms. The van der Waals surface area contributed by atoms with Crippen LogP contribution in [0.1, 0.15) is 28.4 Å². The van der Waals surface area contributed by atoms with Crippen LogP contribution in [0, 0.1) is 0 Å². The lowest BCUT2D eigenvalue weighted by Gasteiger charge is -2.15. The van der Waals surface area contributed by atoms with Crippen LogP contribution in [0.25, 0.3) is 0 Å². The minimum atomic E-state index is -4.79. The van der Waals surface area contributed by atoms with E-state index in [-0.39, 0.29) is 17.9 Å². The molecule has 2 amide bonds. The molecular weight excluding hydrogens is 418 g/mol. The first kappa shape index (κ1) is 23.2. The smallest absolute Gasteiger partial charge is 0.367 e. The second-order valence-electron chi connectivity index (χ2n) is 6.20. The first-order valence-corrected chi connectivity index (χ1v) is 8.39. The number of carbonyl (C=O) groups excluding carboxylic acids is 2.